The van der Waals surface area contributed by atoms with E-state index in [2.05, 4.69) is 4.74 Å². The average Bonchev–Trinajstić information content (AvgIpc) is 2.18. The molecule has 0 radical (unpaired) electrons. The minimum atomic E-state index is -1.65. The predicted octanol–water partition coefficient (Wildman–Crippen LogP) is 2.79. The number of ether oxygens (including phenoxy) is 1. The number of benzene rings is 1. The van der Waals surface area contributed by atoms with Crippen LogP contribution in [0.4, 0.5) is 8.78 Å². The fraction of sp³-hybridized carbons (Fsp3) is 0.364. The lowest BCUT2D eigenvalue weighted by Crippen LogP contribution is -2.08. The molecule has 0 aromatic heterocycles. The third-order valence-corrected chi connectivity index (χ3v) is 1.89. The van der Waals surface area contributed by atoms with Gasteiger partial charge in [0.15, 0.2) is 0 Å². The maximum atomic E-state index is 13.4. The summed E-state index contributed by atoms with van der Waals surface area (Å²) in [6.07, 6.45) is -2.10. The first-order chi connectivity index (χ1) is 7.15. The van der Waals surface area contributed by atoms with Crippen LogP contribution in [0.1, 0.15) is 25.1 Å². The number of rotatable bonds is 4. The molecular formula is C11H12F2O2. The van der Waals surface area contributed by atoms with Gasteiger partial charge in [-0.3, -0.25) is 4.79 Å². The second-order valence-electron chi connectivity index (χ2n) is 3.00. The van der Waals surface area contributed by atoms with E-state index in [1.807, 2.05) is 0 Å². The van der Waals surface area contributed by atoms with Gasteiger partial charge < -0.3 is 4.74 Å². The molecule has 0 bridgehead atoms. The second-order valence-corrected chi connectivity index (χ2v) is 3.00. The van der Waals surface area contributed by atoms with Crippen LogP contribution in [0.3, 0.4) is 0 Å². The fourth-order valence-corrected chi connectivity index (χ4v) is 1.21. The summed E-state index contributed by atoms with van der Waals surface area (Å²) in [6.45, 7) is 1.83. The quantitative estimate of drug-likeness (QED) is 0.720. The Labute approximate surface area is 86.9 Å². The van der Waals surface area contributed by atoms with Crippen LogP contribution >= 0.6 is 0 Å². The Kier molecular flexibility index (Phi) is 4.21. The van der Waals surface area contributed by atoms with Crippen molar-refractivity contribution < 1.29 is 18.3 Å². The Balaban J connectivity index is 2.65. The van der Waals surface area contributed by atoms with Crippen molar-refractivity contribution in [1.29, 1.82) is 0 Å². The van der Waals surface area contributed by atoms with Crippen LogP contribution in [0.15, 0.2) is 24.3 Å². The molecular weight excluding hydrogens is 202 g/mol. The Hall–Kier alpha value is -1.45. The number of hydrogen-bond donors (Lipinski definition) is 0. The molecule has 0 spiro atoms. The van der Waals surface area contributed by atoms with Crippen LogP contribution < -0.4 is 0 Å². The van der Waals surface area contributed by atoms with Crippen molar-refractivity contribution in [3.63, 3.8) is 0 Å². The minimum absolute atomic E-state index is 0.106. The highest BCUT2D eigenvalue weighted by atomic mass is 19.1. The van der Waals surface area contributed by atoms with Crippen LogP contribution in [-0.2, 0) is 9.53 Å². The number of halogens is 2. The second kappa shape index (κ2) is 5.44. The minimum Gasteiger partial charge on any atom is -0.466 e. The molecule has 0 aliphatic carbocycles. The lowest BCUT2D eigenvalue weighted by Gasteiger charge is -2.08. The normalized spacial score (nSPS) is 12.2. The maximum absolute atomic E-state index is 13.4. The first-order valence-electron chi connectivity index (χ1n) is 4.69. The van der Waals surface area contributed by atoms with Gasteiger partial charge in [-0.05, 0) is 13.0 Å². The van der Waals surface area contributed by atoms with Gasteiger partial charge in [0, 0.05) is 5.56 Å². The Bertz CT molecular complexity index is 339. The van der Waals surface area contributed by atoms with Gasteiger partial charge in [0.2, 0.25) is 0 Å². The van der Waals surface area contributed by atoms with E-state index in [-0.39, 0.29) is 12.2 Å². The molecule has 0 amide bonds. The molecule has 1 rings (SSSR count). The summed E-state index contributed by atoms with van der Waals surface area (Å²) in [6, 6.07) is 5.47. The zero-order chi connectivity index (χ0) is 11.3. The number of carbonyl (C=O) groups is 1. The third-order valence-electron chi connectivity index (χ3n) is 1.89. The average molecular weight is 214 g/mol. The highest BCUT2D eigenvalue weighted by molar-refractivity contribution is 5.70. The Morgan fingerprint density at radius 3 is 2.73 bits per heavy atom. The van der Waals surface area contributed by atoms with E-state index in [9.17, 15) is 13.6 Å². The van der Waals surface area contributed by atoms with Crippen molar-refractivity contribution in [3.05, 3.63) is 35.6 Å². The predicted molar refractivity (Wildman–Crippen MR) is 51.5 cm³/mol. The van der Waals surface area contributed by atoms with E-state index in [0.717, 1.165) is 6.07 Å². The first-order valence-corrected chi connectivity index (χ1v) is 4.69. The molecule has 0 saturated carbocycles. The van der Waals surface area contributed by atoms with Crippen molar-refractivity contribution in [2.45, 2.75) is 19.5 Å². The maximum Gasteiger partial charge on any atom is 0.309 e. The highest BCUT2D eigenvalue weighted by Crippen LogP contribution is 2.23. The number of alkyl halides is 1. The molecule has 0 N–H and O–H groups in total. The fourth-order valence-electron chi connectivity index (χ4n) is 1.21. The van der Waals surface area contributed by atoms with Gasteiger partial charge in [0.25, 0.3) is 0 Å². The van der Waals surface area contributed by atoms with Crippen molar-refractivity contribution in [3.8, 4) is 0 Å². The molecule has 82 valence electrons. The van der Waals surface area contributed by atoms with Crippen molar-refractivity contribution >= 4 is 5.97 Å². The number of esters is 1. The highest BCUT2D eigenvalue weighted by Gasteiger charge is 2.18. The van der Waals surface area contributed by atoms with Crippen molar-refractivity contribution in [1.82, 2.24) is 0 Å². The van der Waals surface area contributed by atoms with Crippen LogP contribution in [0.2, 0.25) is 0 Å². The topological polar surface area (TPSA) is 26.3 Å². The molecule has 1 atom stereocenters. The molecule has 1 aromatic carbocycles. The summed E-state index contributed by atoms with van der Waals surface area (Å²) in [5, 5.41) is 0. The Morgan fingerprint density at radius 2 is 2.13 bits per heavy atom. The van der Waals surface area contributed by atoms with Gasteiger partial charge >= 0.3 is 5.97 Å². The molecule has 2 nitrogen and oxygen atoms in total. The van der Waals surface area contributed by atoms with Gasteiger partial charge in [-0.2, -0.15) is 0 Å². The van der Waals surface area contributed by atoms with Gasteiger partial charge in [-0.15, -0.1) is 0 Å². The van der Waals surface area contributed by atoms with Crippen molar-refractivity contribution in [2.24, 2.45) is 0 Å². The molecule has 15 heavy (non-hydrogen) atoms. The van der Waals surface area contributed by atoms with E-state index >= 15 is 0 Å². The summed E-state index contributed by atoms with van der Waals surface area (Å²) in [7, 11) is 0. The number of carbonyl (C=O) groups excluding carboxylic acids is 1. The molecule has 1 aromatic rings. The molecule has 0 saturated heterocycles. The summed E-state index contributed by atoms with van der Waals surface area (Å²) in [4.78, 5) is 11.0. The van der Waals surface area contributed by atoms with E-state index in [1.54, 1.807) is 6.92 Å². The van der Waals surface area contributed by atoms with Crippen LogP contribution in [-0.4, -0.2) is 12.6 Å². The SMILES string of the molecule is CCOC(=O)CC(F)c1ccccc1F. The van der Waals surface area contributed by atoms with Gasteiger partial charge in [0.05, 0.1) is 13.0 Å². The van der Waals surface area contributed by atoms with E-state index < -0.39 is 24.4 Å². The van der Waals surface area contributed by atoms with E-state index in [0.29, 0.717) is 0 Å². The molecule has 0 aliphatic rings. The first kappa shape index (κ1) is 11.6. The lowest BCUT2D eigenvalue weighted by atomic mass is 10.1. The van der Waals surface area contributed by atoms with Crippen LogP contribution in [0.5, 0.6) is 0 Å². The third kappa shape index (κ3) is 3.31. The van der Waals surface area contributed by atoms with E-state index in [1.165, 1.54) is 18.2 Å². The smallest absolute Gasteiger partial charge is 0.309 e. The van der Waals surface area contributed by atoms with Crippen molar-refractivity contribution in [2.75, 3.05) is 6.61 Å². The molecule has 0 fully saturated rings. The monoisotopic (exact) mass is 214 g/mol. The summed E-state index contributed by atoms with van der Waals surface area (Å²) in [5.41, 5.74) is -0.106. The molecule has 1 unspecified atom stereocenters. The standard InChI is InChI=1S/C11H12F2O2/c1-2-15-11(14)7-10(13)8-5-3-4-6-9(8)12/h3-6,10H,2,7H2,1H3. The van der Waals surface area contributed by atoms with Gasteiger partial charge in [-0.25, -0.2) is 8.78 Å². The number of hydrogen-bond acceptors (Lipinski definition) is 2. The summed E-state index contributed by atoms with van der Waals surface area (Å²) in [5.74, 6) is -1.30. The molecule has 0 aliphatic heterocycles. The lowest BCUT2D eigenvalue weighted by molar-refractivity contribution is -0.144. The van der Waals surface area contributed by atoms with Crippen LogP contribution in [0, 0.1) is 5.82 Å². The summed E-state index contributed by atoms with van der Waals surface area (Å²) < 4.78 is 31.1. The largest absolute Gasteiger partial charge is 0.466 e. The van der Waals surface area contributed by atoms with Crippen LogP contribution in [0.25, 0.3) is 0 Å². The zero-order valence-corrected chi connectivity index (χ0v) is 8.37. The molecule has 4 heteroatoms. The zero-order valence-electron chi connectivity index (χ0n) is 8.37. The van der Waals surface area contributed by atoms with Gasteiger partial charge in [-0.1, -0.05) is 18.2 Å². The summed E-state index contributed by atoms with van der Waals surface area (Å²) >= 11 is 0. The molecule has 0 heterocycles. The Morgan fingerprint density at radius 1 is 1.47 bits per heavy atom. The van der Waals surface area contributed by atoms with Gasteiger partial charge in [0.1, 0.15) is 12.0 Å². The van der Waals surface area contributed by atoms with E-state index in [4.69, 9.17) is 0 Å².